The van der Waals surface area contributed by atoms with Crippen molar-refractivity contribution in [1.29, 1.82) is 0 Å². The lowest BCUT2D eigenvalue weighted by Crippen LogP contribution is -2.35. The summed E-state index contributed by atoms with van der Waals surface area (Å²) in [7, 11) is -3.75. The summed E-state index contributed by atoms with van der Waals surface area (Å²) in [5.41, 5.74) is 0. The van der Waals surface area contributed by atoms with E-state index in [1.54, 1.807) is 0 Å². The molecule has 0 radical (unpaired) electrons. The third-order valence-corrected chi connectivity index (χ3v) is 5.59. The molecule has 0 saturated heterocycles. The van der Waals surface area contributed by atoms with Crippen LogP contribution in [0.5, 0.6) is 0 Å². The molecule has 134 valence electrons. The summed E-state index contributed by atoms with van der Waals surface area (Å²) >= 11 is 0. The average Bonchev–Trinajstić information content (AvgIpc) is 2.53. The third kappa shape index (κ3) is 5.85. The fraction of sp³-hybridized carbons (Fsp3) is 0.562. The molecule has 0 aromatic heterocycles. The highest BCUT2D eigenvalue weighted by Gasteiger charge is 2.20. The molecule has 1 aliphatic rings. The van der Waals surface area contributed by atoms with Gasteiger partial charge in [0.25, 0.3) is 0 Å². The quantitative estimate of drug-likeness (QED) is 0.682. The highest BCUT2D eigenvalue weighted by atomic mass is 32.2. The Morgan fingerprint density at radius 3 is 2.62 bits per heavy atom. The molecule has 8 heteroatoms. The van der Waals surface area contributed by atoms with Crippen LogP contribution >= 0.6 is 0 Å². The van der Waals surface area contributed by atoms with E-state index in [0.717, 1.165) is 31.4 Å². The lowest BCUT2D eigenvalue weighted by atomic mass is 9.87. The summed E-state index contributed by atoms with van der Waals surface area (Å²) in [5, 5.41) is 12.4. The van der Waals surface area contributed by atoms with E-state index in [1.165, 1.54) is 12.1 Å². The molecule has 0 spiro atoms. The Kier molecular flexibility index (Phi) is 6.70. The Morgan fingerprint density at radius 1 is 1.25 bits per heavy atom. The Labute approximate surface area is 141 Å². The first-order chi connectivity index (χ1) is 11.4. The Hall–Kier alpha value is -1.51. The summed E-state index contributed by atoms with van der Waals surface area (Å²) in [6.07, 6.45) is 3.18. The normalized spacial score (nSPS) is 21.4. The van der Waals surface area contributed by atoms with E-state index >= 15 is 0 Å². The van der Waals surface area contributed by atoms with E-state index in [-0.39, 0.29) is 35.8 Å². The number of benzene rings is 1. The summed E-state index contributed by atoms with van der Waals surface area (Å²) < 4.78 is 39.1. The van der Waals surface area contributed by atoms with Crippen molar-refractivity contribution in [2.45, 2.75) is 43.1 Å². The summed E-state index contributed by atoms with van der Waals surface area (Å²) in [6, 6.07) is 4.48. The van der Waals surface area contributed by atoms with Gasteiger partial charge in [-0.15, -0.1) is 0 Å². The van der Waals surface area contributed by atoms with E-state index in [0.29, 0.717) is 13.0 Å². The maximum Gasteiger partial charge on any atom is 0.240 e. The first-order valence-electron chi connectivity index (χ1n) is 8.07. The van der Waals surface area contributed by atoms with Crippen LogP contribution in [-0.4, -0.2) is 38.6 Å². The smallest absolute Gasteiger partial charge is 0.240 e. The lowest BCUT2D eigenvalue weighted by Gasteiger charge is -2.25. The van der Waals surface area contributed by atoms with E-state index in [1.807, 2.05) is 0 Å². The number of aliphatic hydroxyl groups excluding tert-OH is 1. The number of amides is 1. The summed E-state index contributed by atoms with van der Waals surface area (Å²) in [6.45, 7) is 0.472. The van der Waals surface area contributed by atoms with Gasteiger partial charge >= 0.3 is 0 Å². The van der Waals surface area contributed by atoms with E-state index < -0.39 is 15.8 Å². The number of rotatable bonds is 7. The van der Waals surface area contributed by atoms with Crippen LogP contribution in [0.3, 0.4) is 0 Å². The van der Waals surface area contributed by atoms with Gasteiger partial charge < -0.3 is 10.4 Å². The maximum absolute atomic E-state index is 12.8. The molecule has 1 saturated carbocycles. The van der Waals surface area contributed by atoms with Crippen LogP contribution < -0.4 is 10.0 Å². The molecular weight excluding hydrogens is 335 g/mol. The van der Waals surface area contributed by atoms with Crippen molar-refractivity contribution in [2.24, 2.45) is 5.92 Å². The SMILES string of the molecule is O=C(CCNS(=O)(=O)c1ccc(F)cc1)NC[C@@H]1CCC[C@@H](O)C1. The van der Waals surface area contributed by atoms with Crippen molar-refractivity contribution < 1.29 is 22.7 Å². The van der Waals surface area contributed by atoms with Gasteiger partial charge in [-0.2, -0.15) is 0 Å². The Balaban J connectivity index is 1.71. The van der Waals surface area contributed by atoms with Gasteiger partial charge in [0.15, 0.2) is 0 Å². The van der Waals surface area contributed by atoms with Gasteiger partial charge in [-0.05, 0) is 49.4 Å². The molecule has 1 aromatic carbocycles. The zero-order chi connectivity index (χ0) is 17.6. The predicted molar refractivity (Wildman–Crippen MR) is 87.2 cm³/mol. The third-order valence-electron chi connectivity index (χ3n) is 4.11. The molecule has 0 aliphatic heterocycles. The van der Waals surface area contributed by atoms with Crippen LogP contribution in [0.4, 0.5) is 4.39 Å². The van der Waals surface area contributed by atoms with Crippen molar-refractivity contribution in [1.82, 2.24) is 10.0 Å². The van der Waals surface area contributed by atoms with Gasteiger partial charge in [-0.3, -0.25) is 4.79 Å². The minimum atomic E-state index is -3.75. The second-order valence-corrected chi connectivity index (χ2v) is 7.86. The number of carbonyl (C=O) groups excluding carboxylic acids is 1. The van der Waals surface area contributed by atoms with E-state index in [9.17, 15) is 22.7 Å². The van der Waals surface area contributed by atoms with Crippen molar-refractivity contribution in [3.05, 3.63) is 30.1 Å². The maximum atomic E-state index is 12.8. The molecule has 24 heavy (non-hydrogen) atoms. The molecule has 3 N–H and O–H groups in total. The minimum absolute atomic E-state index is 0.0235. The van der Waals surface area contributed by atoms with Crippen molar-refractivity contribution in [2.75, 3.05) is 13.1 Å². The zero-order valence-corrected chi connectivity index (χ0v) is 14.2. The van der Waals surface area contributed by atoms with Crippen LogP contribution in [0.1, 0.15) is 32.1 Å². The number of halogens is 1. The second-order valence-electron chi connectivity index (χ2n) is 6.09. The van der Waals surface area contributed by atoms with Crippen LogP contribution in [0.15, 0.2) is 29.2 Å². The second kappa shape index (κ2) is 8.55. The molecule has 1 amide bonds. The highest BCUT2D eigenvalue weighted by Crippen LogP contribution is 2.23. The average molecular weight is 358 g/mol. The largest absolute Gasteiger partial charge is 0.393 e. The first kappa shape index (κ1) is 18.8. The summed E-state index contributed by atoms with van der Waals surface area (Å²) in [5.74, 6) is -0.480. The number of hydrogen-bond donors (Lipinski definition) is 3. The number of aliphatic hydroxyl groups is 1. The Morgan fingerprint density at radius 2 is 1.96 bits per heavy atom. The topological polar surface area (TPSA) is 95.5 Å². The number of nitrogens with one attached hydrogen (secondary N) is 2. The molecule has 1 aliphatic carbocycles. The standard InChI is InChI=1S/C16H23FN2O4S/c17-13-4-6-15(7-5-13)24(22,23)19-9-8-16(21)18-11-12-2-1-3-14(20)10-12/h4-7,12,14,19-20H,1-3,8-11H2,(H,18,21)/t12-,14-/m1/s1. The molecular formula is C16H23FN2O4S. The van der Waals surface area contributed by atoms with Crippen molar-refractivity contribution >= 4 is 15.9 Å². The van der Waals surface area contributed by atoms with Gasteiger partial charge in [-0.1, -0.05) is 6.42 Å². The van der Waals surface area contributed by atoms with Gasteiger partial charge in [-0.25, -0.2) is 17.5 Å². The molecule has 1 aromatic rings. The molecule has 2 rings (SSSR count). The van der Waals surface area contributed by atoms with Crippen LogP contribution in [-0.2, 0) is 14.8 Å². The lowest BCUT2D eigenvalue weighted by molar-refractivity contribution is -0.121. The first-order valence-corrected chi connectivity index (χ1v) is 9.55. The van der Waals surface area contributed by atoms with Gasteiger partial charge in [0.05, 0.1) is 11.0 Å². The van der Waals surface area contributed by atoms with Crippen molar-refractivity contribution in [3.8, 4) is 0 Å². The zero-order valence-electron chi connectivity index (χ0n) is 13.4. The monoisotopic (exact) mass is 358 g/mol. The molecule has 0 heterocycles. The van der Waals surface area contributed by atoms with Gasteiger partial charge in [0.2, 0.25) is 15.9 Å². The number of hydrogen-bond acceptors (Lipinski definition) is 4. The number of sulfonamides is 1. The molecule has 2 atom stereocenters. The molecule has 1 fully saturated rings. The molecule has 6 nitrogen and oxygen atoms in total. The molecule has 0 unspecified atom stereocenters. The predicted octanol–water partition coefficient (Wildman–Crippen LogP) is 1.16. The van der Waals surface area contributed by atoms with Crippen molar-refractivity contribution in [3.63, 3.8) is 0 Å². The van der Waals surface area contributed by atoms with Crippen LogP contribution in [0.2, 0.25) is 0 Å². The minimum Gasteiger partial charge on any atom is -0.393 e. The van der Waals surface area contributed by atoms with Crippen LogP contribution in [0, 0.1) is 11.7 Å². The van der Waals surface area contributed by atoms with Crippen LogP contribution in [0.25, 0.3) is 0 Å². The molecule has 0 bridgehead atoms. The fourth-order valence-electron chi connectivity index (χ4n) is 2.79. The van der Waals surface area contributed by atoms with Gasteiger partial charge in [0, 0.05) is 19.5 Å². The highest BCUT2D eigenvalue weighted by molar-refractivity contribution is 7.89. The van der Waals surface area contributed by atoms with E-state index in [2.05, 4.69) is 10.0 Å². The Bertz CT molecular complexity index is 649. The van der Waals surface area contributed by atoms with E-state index in [4.69, 9.17) is 0 Å². The number of carbonyl (C=O) groups is 1. The van der Waals surface area contributed by atoms with Gasteiger partial charge in [0.1, 0.15) is 5.82 Å². The summed E-state index contributed by atoms with van der Waals surface area (Å²) in [4.78, 5) is 11.7. The fourth-order valence-corrected chi connectivity index (χ4v) is 3.82.